The Morgan fingerprint density at radius 2 is 1.76 bits per heavy atom. The molecule has 0 unspecified atom stereocenters. The minimum atomic E-state index is -0.108. The maximum absolute atomic E-state index is 12.1. The lowest BCUT2D eigenvalue weighted by molar-refractivity contribution is 0.504. The van der Waals surface area contributed by atoms with Crippen molar-refractivity contribution in [3.05, 3.63) is 53.0 Å². The first-order chi connectivity index (χ1) is 12.3. The first-order valence-electron chi connectivity index (χ1n) is 8.98. The summed E-state index contributed by atoms with van der Waals surface area (Å²) >= 11 is 0. The van der Waals surface area contributed by atoms with Crippen molar-refractivity contribution in [2.75, 3.05) is 0 Å². The Bertz CT molecular complexity index is 1080. The smallest absolute Gasteiger partial charge is 0.258 e. The third-order valence-electron chi connectivity index (χ3n) is 4.86. The molecule has 1 N–H and O–H groups in total. The van der Waals surface area contributed by atoms with Crippen LogP contribution in [0.2, 0.25) is 0 Å². The zero-order valence-corrected chi connectivity index (χ0v) is 14.5. The summed E-state index contributed by atoms with van der Waals surface area (Å²) in [7, 11) is 0. The molecule has 4 aromatic rings. The summed E-state index contributed by atoms with van der Waals surface area (Å²) in [5.74, 6) is 0. The van der Waals surface area contributed by atoms with Crippen molar-refractivity contribution in [3.63, 3.8) is 0 Å². The third-order valence-corrected chi connectivity index (χ3v) is 4.86. The van der Waals surface area contributed by atoms with Crippen LogP contribution in [0.1, 0.15) is 44.2 Å². The van der Waals surface area contributed by atoms with Gasteiger partial charge in [-0.15, -0.1) is 0 Å². The van der Waals surface area contributed by atoms with E-state index in [9.17, 15) is 4.79 Å². The van der Waals surface area contributed by atoms with Crippen LogP contribution in [-0.4, -0.2) is 19.4 Å². The molecule has 1 fully saturated rings. The van der Waals surface area contributed by atoms with Gasteiger partial charge in [-0.05, 0) is 19.1 Å². The second-order valence-corrected chi connectivity index (χ2v) is 6.69. The summed E-state index contributed by atoms with van der Waals surface area (Å²) in [4.78, 5) is 23.5. The first-order valence-corrected chi connectivity index (χ1v) is 8.98. The lowest BCUT2D eigenvalue weighted by atomic mass is 10.0. The largest absolute Gasteiger partial charge is 0.328 e. The molecule has 0 saturated heterocycles. The van der Waals surface area contributed by atoms with Gasteiger partial charge in [-0.25, -0.2) is 4.98 Å². The number of fused-ring (bicyclic) bond motifs is 6. The van der Waals surface area contributed by atoms with Gasteiger partial charge in [-0.2, -0.15) is 0 Å². The average Bonchev–Trinajstić information content (AvgIpc) is 3.06. The summed E-state index contributed by atoms with van der Waals surface area (Å²) in [5, 5.41) is 2.42. The molecule has 1 saturated carbocycles. The maximum atomic E-state index is 12.1. The van der Waals surface area contributed by atoms with Gasteiger partial charge in [-0.1, -0.05) is 38.5 Å². The highest BCUT2D eigenvalue weighted by Crippen LogP contribution is 2.26. The quantitative estimate of drug-likeness (QED) is 0.486. The Morgan fingerprint density at radius 1 is 1.04 bits per heavy atom. The van der Waals surface area contributed by atoms with Crippen molar-refractivity contribution in [2.45, 2.75) is 45.4 Å². The molecule has 0 radical (unpaired) electrons. The highest BCUT2D eigenvalue weighted by Gasteiger charge is 2.12. The summed E-state index contributed by atoms with van der Waals surface area (Å²) < 4.78 is 1.96. The number of nitrogens with zero attached hydrogens (tertiary/aromatic N) is 3. The fraction of sp³-hybridized carbons (Fsp3) is 0.350. The Morgan fingerprint density at radius 3 is 2.48 bits per heavy atom. The van der Waals surface area contributed by atoms with E-state index in [2.05, 4.69) is 15.0 Å². The van der Waals surface area contributed by atoms with E-state index in [0.717, 1.165) is 27.6 Å². The summed E-state index contributed by atoms with van der Waals surface area (Å²) in [6, 6.07) is 3.78. The van der Waals surface area contributed by atoms with Crippen LogP contribution in [0.25, 0.3) is 27.3 Å². The van der Waals surface area contributed by atoms with E-state index in [1.807, 2.05) is 29.7 Å². The van der Waals surface area contributed by atoms with Crippen molar-refractivity contribution in [1.29, 1.82) is 0 Å². The topological polar surface area (TPSA) is 63.0 Å². The molecule has 5 rings (SSSR count). The Labute approximate surface area is 145 Å². The number of pyridine rings is 3. The number of rotatable bonds is 0. The molecule has 0 atom stereocenters. The summed E-state index contributed by atoms with van der Waals surface area (Å²) in [6.45, 7) is 1.94. The highest BCUT2D eigenvalue weighted by atomic mass is 16.1. The van der Waals surface area contributed by atoms with Crippen LogP contribution in [0.15, 0.2) is 41.7 Å². The van der Waals surface area contributed by atoms with Crippen LogP contribution in [0.4, 0.5) is 0 Å². The number of hydrogen-bond donors (Lipinski definition) is 1. The minimum absolute atomic E-state index is 0.108. The minimum Gasteiger partial charge on any atom is -0.328 e. The second kappa shape index (κ2) is 6.67. The normalized spacial score (nSPS) is 14.6. The average molecular weight is 334 g/mol. The summed E-state index contributed by atoms with van der Waals surface area (Å²) in [6.07, 6.45) is 16.0. The molecule has 0 bridgehead atoms. The molecule has 128 valence electrons. The highest BCUT2D eigenvalue weighted by molar-refractivity contribution is 6.10. The number of H-pyrrole nitrogens is 1. The molecule has 0 aliphatic heterocycles. The van der Waals surface area contributed by atoms with Crippen molar-refractivity contribution in [2.24, 2.45) is 0 Å². The van der Waals surface area contributed by atoms with Crippen molar-refractivity contribution in [1.82, 2.24) is 19.4 Å². The van der Waals surface area contributed by atoms with Gasteiger partial charge in [0.1, 0.15) is 5.65 Å². The predicted octanol–water partition coefficient (Wildman–Crippen LogP) is 4.37. The molecular weight excluding hydrogens is 312 g/mol. The fourth-order valence-electron chi connectivity index (χ4n) is 3.65. The lowest BCUT2D eigenvalue weighted by Crippen LogP contribution is -2.07. The summed E-state index contributed by atoms with van der Waals surface area (Å²) in [5.41, 5.74) is 2.52. The molecule has 0 spiro atoms. The number of aromatic nitrogens is 4. The SMILES string of the molecule is C1CCCCC1.Cc1cn2c3cc[nH]c(=O)c3c3cnccc3c2n1. The van der Waals surface area contributed by atoms with Gasteiger partial charge in [0.2, 0.25) is 0 Å². The van der Waals surface area contributed by atoms with E-state index in [4.69, 9.17) is 0 Å². The molecule has 5 nitrogen and oxygen atoms in total. The van der Waals surface area contributed by atoms with Crippen LogP contribution in [0, 0.1) is 6.92 Å². The standard InChI is InChI=1S/C14H10N4O.C6H12/c1-8-7-18-11-3-5-16-14(19)12(11)10-6-15-4-2-9(10)13(18)17-8;1-2-4-6-5-3-1/h2-7H,1H3,(H,16,19);1-6H2. The van der Waals surface area contributed by atoms with Crippen LogP contribution >= 0.6 is 0 Å². The van der Waals surface area contributed by atoms with Gasteiger partial charge in [0, 0.05) is 35.6 Å². The number of aromatic amines is 1. The second-order valence-electron chi connectivity index (χ2n) is 6.69. The maximum Gasteiger partial charge on any atom is 0.258 e. The molecule has 0 amide bonds. The molecule has 5 heteroatoms. The van der Waals surface area contributed by atoms with Crippen LogP contribution in [0.5, 0.6) is 0 Å². The van der Waals surface area contributed by atoms with Gasteiger partial charge in [-0.3, -0.25) is 14.2 Å². The Hall–Kier alpha value is -2.69. The number of imidazole rings is 1. The number of nitrogens with one attached hydrogen (secondary N) is 1. The van der Waals surface area contributed by atoms with E-state index in [-0.39, 0.29) is 5.56 Å². The third kappa shape index (κ3) is 2.90. The van der Waals surface area contributed by atoms with Crippen molar-refractivity contribution < 1.29 is 0 Å². The van der Waals surface area contributed by atoms with E-state index >= 15 is 0 Å². The van der Waals surface area contributed by atoms with Gasteiger partial charge in [0.15, 0.2) is 0 Å². The van der Waals surface area contributed by atoms with Gasteiger partial charge < -0.3 is 4.98 Å². The van der Waals surface area contributed by atoms with Crippen LogP contribution in [-0.2, 0) is 0 Å². The first kappa shape index (κ1) is 15.8. The van der Waals surface area contributed by atoms with Crippen LogP contribution < -0.4 is 5.56 Å². The van der Waals surface area contributed by atoms with E-state index in [0.29, 0.717) is 5.39 Å². The molecule has 1 aliphatic carbocycles. The number of aryl methyl sites for hydroxylation is 1. The number of hydrogen-bond acceptors (Lipinski definition) is 3. The van der Waals surface area contributed by atoms with Gasteiger partial charge >= 0.3 is 0 Å². The van der Waals surface area contributed by atoms with Crippen molar-refractivity contribution in [3.8, 4) is 0 Å². The van der Waals surface area contributed by atoms with Crippen molar-refractivity contribution >= 4 is 27.3 Å². The van der Waals surface area contributed by atoms with Gasteiger partial charge in [0.25, 0.3) is 5.56 Å². The van der Waals surface area contributed by atoms with E-state index in [1.165, 1.54) is 38.5 Å². The molecule has 1 aliphatic rings. The Balaban J connectivity index is 0.000000223. The fourth-order valence-corrected chi connectivity index (χ4v) is 3.65. The molecular formula is C20H22N4O. The predicted molar refractivity (Wildman–Crippen MR) is 101 cm³/mol. The Kier molecular flexibility index (Phi) is 4.22. The zero-order valence-electron chi connectivity index (χ0n) is 14.5. The van der Waals surface area contributed by atoms with Gasteiger partial charge in [0.05, 0.1) is 16.6 Å². The molecule has 4 aromatic heterocycles. The van der Waals surface area contributed by atoms with Crippen LogP contribution in [0.3, 0.4) is 0 Å². The molecule has 4 heterocycles. The monoisotopic (exact) mass is 334 g/mol. The molecule has 25 heavy (non-hydrogen) atoms. The molecule has 0 aromatic carbocycles. The van der Waals surface area contributed by atoms with E-state index < -0.39 is 0 Å². The van der Waals surface area contributed by atoms with E-state index in [1.54, 1.807) is 18.6 Å². The zero-order chi connectivity index (χ0) is 17.2. The lowest BCUT2D eigenvalue weighted by Gasteiger charge is -2.06.